The quantitative estimate of drug-likeness (QED) is 0.466. The third kappa shape index (κ3) is 4.52. The first kappa shape index (κ1) is 15.9. The molecule has 0 saturated heterocycles. The summed E-state index contributed by atoms with van der Waals surface area (Å²) >= 11 is 3.26. The zero-order valence-electron chi connectivity index (χ0n) is 11.5. The number of nitro benzene ring substituents is 1. The summed E-state index contributed by atoms with van der Waals surface area (Å²) in [6, 6.07) is 7.78. The van der Waals surface area contributed by atoms with Crippen molar-refractivity contribution in [2.45, 2.75) is 0 Å². The van der Waals surface area contributed by atoms with Crippen molar-refractivity contribution in [3.05, 3.63) is 62.9 Å². The second-order valence-electron chi connectivity index (χ2n) is 4.38. The van der Waals surface area contributed by atoms with Crippen molar-refractivity contribution in [2.75, 3.05) is 18.4 Å². The highest BCUT2D eigenvalue weighted by Crippen LogP contribution is 2.14. The van der Waals surface area contributed by atoms with Gasteiger partial charge in [0.05, 0.1) is 10.5 Å². The fraction of sp³-hybridized carbons (Fsp3) is 0.143. The van der Waals surface area contributed by atoms with Crippen molar-refractivity contribution in [3.63, 3.8) is 0 Å². The summed E-state index contributed by atoms with van der Waals surface area (Å²) in [5, 5.41) is 16.4. The maximum absolute atomic E-state index is 11.9. The lowest BCUT2D eigenvalue weighted by atomic mass is 10.2. The Hall–Kier alpha value is -2.48. The Balaban J connectivity index is 1.77. The number of halogens is 1. The number of carbonyl (C=O) groups is 1. The maximum atomic E-state index is 11.9. The summed E-state index contributed by atoms with van der Waals surface area (Å²) in [4.78, 5) is 25.9. The number of pyridine rings is 1. The number of non-ortho nitro benzene ring substituents is 1. The molecule has 1 aromatic heterocycles. The van der Waals surface area contributed by atoms with E-state index in [1.165, 1.54) is 18.3 Å². The Morgan fingerprint density at radius 1 is 1.23 bits per heavy atom. The van der Waals surface area contributed by atoms with Crippen molar-refractivity contribution in [1.82, 2.24) is 10.3 Å². The van der Waals surface area contributed by atoms with Gasteiger partial charge in [0.25, 0.3) is 11.6 Å². The van der Waals surface area contributed by atoms with E-state index in [-0.39, 0.29) is 11.6 Å². The van der Waals surface area contributed by atoms with E-state index in [1.807, 2.05) is 0 Å². The number of carbonyl (C=O) groups excluding carboxylic acids is 1. The van der Waals surface area contributed by atoms with Gasteiger partial charge >= 0.3 is 0 Å². The van der Waals surface area contributed by atoms with Gasteiger partial charge in [0.15, 0.2) is 0 Å². The number of hydrogen-bond acceptors (Lipinski definition) is 5. The molecule has 2 aromatic rings. The van der Waals surface area contributed by atoms with E-state index in [1.54, 1.807) is 24.4 Å². The van der Waals surface area contributed by atoms with Crippen molar-refractivity contribution in [3.8, 4) is 0 Å². The zero-order valence-corrected chi connectivity index (χ0v) is 13.0. The molecule has 22 heavy (non-hydrogen) atoms. The Labute approximate surface area is 135 Å². The highest BCUT2D eigenvalue weighted by molar-refractivity contribution is 9.10. The fourth-order valence-electron chi connectivity index (χ4n) is 1.72. The first-order valence-corrected chi connectivity index (χ1v) is 7.22. The van der Waals surface area contributed by atoms with Crippen LogP contribution >= 0.6 is 15.9 Å². The lowest BCUT2D eigenvalue weighted by Gasteiger charge is -2.08. The SMILES string of the molecule is O=C(NCCNc1ccc([N+](=O)[O-])cc1)c1cncc(Br)c1. The molecule has 1 amide bonds. The van der Waals surface area contributed by atoms with E-state index in [0.29, 0.717) is 18.7 Å². The topological polar surface area (TPSA) is 97.2 Å². The summed E-state index contributed by atoms with van der Waals surface area (Å²) in [7, 11) is 0. The van der Waals surface area contributed by atoms with Gasteiger partial charge in [-0.3, -0.25) is 19.9 Å². The molecule has 0 fully saturated rings. The molecule has 1 aromatic carbocycles. The zero-order chi connectivity index (χ0) is 15.9. The Morgan fingerprint density at radius 2 is 1.95 bits per heavy atom. The molecule has 0 spiro atoms. The fourth-order valence-corrected chi connectivity index (χ4v) is 2.09. The minimum Gasteiger partial charge on any atom is -0.383 e. The number of anilines is 1. The second kappa shape index (κ2) is 7.51. The number of nitrogens with zero attached hydrogens (tertiary/aromatic N) is 2. The summed E-state index contributed by atoms with van der Waals surface area (Å²) in [6.45, 7) is 0.924. The highest BCUT2D eigenvalue weighted by atomic mass is 79.9. The largest absolute Gasteiger partial charge is 0.383 e. The molecule has 2 rings (SSSR count). The van der Waals surface area contributed by atoms with Crippen LogP contribution in [0.1, 0.15) is 10.4 Å². The summed E-state index contributed by atoms with van der Waals surface area (Å²) in [5.74, 6) is -0.209. The van der Waals surface area contributed by atoms with Gasteiger partial charge in [-0.25, -0.2) is 0 Å². The molecule has 0 aliphatic heterocycles. The average molecular weight is 365 g/mol. The normalized spacial score (nSPS) is 10.0. The van der Waals surface area contributed by atoms with Gasteiger partial charge in [-0.05, 0) is 34.1 Å². The number of hydrogen-bond donors (Lipinski definition) is 2. The molecule has 114 valence electrons. The lowest BCUT2D eigenvalue weighted by Crippen LogP contribution is -2.28. The molecule has 1 heterocycles. The van der Waals surface area contributed by atoms with Gasteiger partial charge in [-0.2, -0.15) is 0 Å². The van der Waals surface area contributed by atoms with Gasteiger partial charge in [0, 0.05) is 47.8 Å². The molecular formula is C14H13BrN4O3. The molecule has 8 heteroatoms. The van der Waals surface area contributed by atoms with Gasteiger partial charge in [-0.1, -0.05) is 0 Å². The molecule has 0 atom stereocenters. The highest BCUT2D eigenvalue weighted by Gasteiger charge is 2.06. The van der Waals surface area contributed by atoms with E-state index in [0.717, 1.165) is 10.2 Å². The molecule has 7 nitrogen and oxygen atoms in total. The van der Waals surface area contributed by atoms with Crippen LogP contribution in [0.25, 0.3) is 0 Å². The first-order valence-electron chi connectivity index (χ1n) is 6.43. The van der Waals surface area contributed by atoms with E-state index in [2.05, 4.69) is 31.5 Å². The van der Waals surface area contributed by atoms with E-state index in [4.69, 9.17) is 0 Å². The van der Waals surface area contributed by atoms with Crippen LogP contribution in [0, 0.1) is 10.1 Å². The van der Waals surface area contributed by atoms with Crippen LogP contribution in [0.2, 0.25) is 0 Å². The predicted octanol–water partition coefficient (Wildman–Crippen LogP) is 2.59. The Bertz CT molecular complexity index is 676. The van der Waals surface area contributed by atoms with Crippen LogP contribution in [-0.4, -0.2) is 28.9 Å². The monoisotopic (exact) mass is 364 g/mol. The van der Waals surface area contributed by atoms with Crippen molar-refractivity contribution >= 4 is 33.2 Å². The number of amides is 1. The van der Waals surface area contributed by atoms with Crippen LogP contribution in [-0.2, 0) is 0 Å². The Kier molecular flexibility index (Phi) is 5.42. The number of benzene rings is 1. The average Bonchev–Trinajstić information content (AvgIpc) is 2.51. The Morgan fingerprint density at radius 3 is 2.59 bits per heavy atom. The molecule has 0 unspecified atom stereocenters. The van der Waals surface area contributed by atoms with Crippen molar-refractivity contribution < 1.29 is 9.72 Å². The third-order valence-corrected chi connectivity index (χ3v) is 3.22. The molecule has 0 aliphatic carbocycles. The second-order valence-corrected chi connectivity index (χ2v) is 5.29. The number of nitro groups is 1. The predicted molar refractivity (Wildman–Crippen MR) is 85.9 cm³/mol. The minimum atomic E-state index is -0.448. The van der Waals surface area contributed by atoms with Gasteiger partial charge in [0.2, 0.25) is 0 Å². The molecule has 0 radical (unpaired) electrons. The van der Waals surface area contributed by atoms with E-state index < -0.39 is 4.92 Å². The van der Waals surface area contributed by atoms with Crippen LogP contribution in [0.5, 0.6) is 0 Å². The van der Waals surface area contributed by atoms with Gasteiger partial charge in [0.1, 0.15) is 0 Å². The number of rotatable bonds is 6. The van der Waals surface area contributed by atoms with E-state index >= 15 is 0 Å². The number of aromatic nitrogens is 1. The molecule has 0 bridgehead atoms. The van der Waals surface area contributed by atoms with E-state index in [9.17, 15) is 14.9 Å². The first-order chi connectivity index (χ1) is 10.6. The van der Waals surface area contributed by atoms with Crippen molar-refractivity contribution in [1.29, 1.82) is 0 Å². The maximum Gasteiger partial charge on any atom is 0.269 e. The lowest BCUT2D eigenvalue weighted by molar-refractivity contribution is -0.384. The van der Waals surface area contributed by atoms with Gasteiger partial charge in [-0.15, -0.1) is 0 Å². The van der Waals surface area contributed by atoms with Crippen molar-refractivity contribution in [2.24, 2.45) is 0 Å². The molecule has 0 saturated carbocycles. The smallest absolute Gasteiger partial charge is 0.269 e. The molecular weight excluding hydrogens is 352 g/mol. The van der Waals surface area contributed by atoms with Crippen LogP contribution in [0.4, 0.5) is 11.4 Å². The standard InChI is InChI=1S/C14H13BrN4O3/c15-11-7-10(8-16-9-11)14(20)18-6-5-17-12-1-3-13(4-2-12)19(21)22/h1-4,7-9,17H,5-6H2,(H,18,20). The molecule has 2 N–H and O–H groups in total. The molecule has 0 aliphatic rings. The minimum absolute atomic E-state index is 0.0426. The summed E-state index contributed by atoms with van der Waals surface area (Å²) in [5.41, 5.74) is 1.27. The van der Waals surface area contributed by atoms with Crippen LogP contribution in [0.15, 0.2) is 47.2 Å². The number of nitrogens with one attached hydrogen (secondary N) is 2. The summed E-state index contributed by atoms with van der Waals surface area (Å²) in [6.07, 6.45) is 3.09. The van der Waals surface area contributed by atoms with Gasteiger partial charge < -0.3 is 10.6 Å². The van der Waals surface area contributed by atoms with Crippen LogP contribution in [0.3, 0.4) is 0 Å². The van der Waals surface area contributed by atoms with Crippen LogP contribution < -0.4 is 10.6 Å². The third-order valence-electron chi connectivity index (χ3n) is 2.78. The summed E-state index contributed by atoms with van der Waals surface area (Å²) < 4.78 is 0.740.